The topological polar surface area (TPSA) is 71.1 Å². The summed E-state index contributed by atoms with van der Waals surface area (Å²) in [6.45, 7) is 0.537. The molecule has 8 heteroatoms. The van der Waals surface area contributed by atoms with Crippen LogP contribution in [0.4, 0.5) is 0 Å². The number of methoxy groups -OCH3 is 1. The largest absolute Gasteiger partial charge is 0.494 e. The number of carbonyl (C=O) groups is 1. The van der Waals surface area contributed by atoms with Gasteiger partial charge in [0.25, 0.3) is 5.91 Å². The lowest BCUT2D eigenvalue weighted by Crippen LogP contribution is -2.40. The fourth-order valence-electron chi connectivity index (χ4n) is 3.41. The second-order valence-electron chi connectivity index (χ2n) is 6.18. The van der Waals surface area contributed by atoms with Gasteiger partial charge in [0.1, 0.15) is 6.04 Å². The number of aromatic nitrogens is 3. The Labute approximate surface area is 166 Å². The number of imidazole rings is 1. The van der Waals surface area contributed by atoms with Crippen LogP contribution in [0.1, 0.15) is 33.4 Å². The standard InChI is InChI=1S/C19H16Cl2N4O2/c1-27-18-13(20)7-12(8-14(18)21)19(26)25-6-4-15-16(24-10-23-15)17(25)11-3-2-5-22-9-11/h2-3,5,7-10,17H,4,6H2,1H3,(H,23,24). The third kappa shape index (κ3) is 3.15. The molecule has 0 fully saturated rings. The molecule has 2 aromatic heterocycles. The number of benzene rings is 1. The summed E-state index contributed by atoms with van der Waals surface area (Å²) in [7, 11) is 1.48. The fourth-order valence-corrected chi connectivity index (χ4v) is 4.06. The lowest BCUT2D eigenvalue weighted by molar-refractivity contribution is 0.0690. The number of halogens is 2. The first-order chi connectivity index (χ1) is 13.1. The summed E-state index contributed by atoms with van der Waals surface area (Å²) >= 11 is 12.5. The van der Waals surface area contributed by atoms with Crippen molar-refractivity contribution in [1.29, 1.82) is 0 Å². The summed E-state index contributed by atoms with van der Waals surface area (Å²) in [4.78, 5) is 26.9. The maximum absolute atomic E-state index is 13.3. The molecule has 0 aliphatic carbocycles. The van der Waals surface area contributed by atoms with Gasteiger partial charge >= 0.3 is 0 Å². The Hall–Kier alpha value is -2.57. The normalized spacial score (nSPS) is 16.1. The van der Waals surface area contributed by atoms with Crippen molar-refractivity contribution in [3.8, 4) is 5.75 Å². The molecule has 1 aliphatic heterocycles. The van der Waals surface area contributed by atoms with Gasteiger partial charge in [0.15, 0.2) is 5.75 Å². The first kappa shape index (κ1) is 17.8. The highest BCUT2D eigenvalue weighted by molar-refractivity contribution is 6.37. The summed E-state index contributed by atoms with van der Waals surface area (Å²) in [6, 6.07) is 6.61. The van der Waals surface area contributed by atoms with E-state index in [0.717, 1.165) is 17.0 Å². The van der Waals surface area contributed by atoms with Gasteiger partial charge in [0, 0.05) is 36.6 Å². The highest BCUT2D eigenvalue weighted by Crippen LogP contribution is 2.37. The van der Waals surface area contributed by atoms with Gasteiger partial charge in [-0.3, -0.25) is 9.78 Å². The molecule has 1 unspecified atom stereocenters. The SMILES string of the molecule is COc1c(Cl)cc(C(=O)N2CCc3[nH]cnc3C2c2cccnc2)cc1Cl. The Kier molecular flexibility index (Phi) is 4.76. The van der Waals surface area contributed by atoms with E-state index in [4.69, 9.17) is 27.9 Å². The molecule has 0 spiro atoms. The minimum atomic E-state index is -0.333. The minimum Gasteiger partial charge on any atom is -0.494 e. The van der Waals surface area contributed by atoms with Crippen molar-refractivity contribution in [3.05, 3.63) is 75.5 Å². The van der Waals surface area contributed by atoms with E-state index < -0.39 is 0 Å². The average molecular weight is 403 g/mol. The Morgan fingerprint density at radius 3 is 2.78 bits per heavy atom. The molecular formula is C19H16Cl2N4O2. The number of H-pyrrole nitrogens is 1. The molecule has 1 amide bonds. The van der Waals surface area contributed by atoms with E-state index in [0.29, 0.717) is 34.3 Å². The number of aromatic amines is 1. The van der Waals surface area contributed by atoms with Crippen LogP contribution in [-0.4, -0.2) is 39.4 Å². The van der Waals surface area contributed by atoms with Crippen molar-refractivity contribution >= 4 is 29.1 Å². The van der Waals surface area contributed by atoms with Crippen molar-refractivity contribution in [2.45, 2.75) is 12.5 Å². The molecule has 3 heterocycles. The second kappa shape index (κ2) is 7.21. The van der Waals surface area contributed by atoms with E-state index >= 15 is 0 Å². The molecular weight excluding hydrogens is 387 g/mol. The van der Waals surface area contributed by atoms with Crippen LogP contribution in [-0.2, 0) is 6.42 Å². The van der Waals surface area contributed by atoms with Crippen LogP contribution in [0.5, 0.6) is 5.75 Å². The number of fused-ring (bicyclic) bond motifs is 1. The van der Waals surface area contributed by atoms with Gasteiger partial charge < -0.3 is 14.6 Å². The number of hydrogen-bond donors (Lipinski definition) is 1. The highest BCUT2D eigenvalue weighted by Gasteiger charge is 2.35. The highest BCUT2D eigenvalue weighted by atomic mass is 35.5. The summed E-state index contributed by atoms with van der Waals surface area (Å²) in [5, 5.41) is 0.590. The molecule has 1 N–H and O–H groups in total. The molecule has 0 radical (unpaired) electrons. The van der Waals surface area contributed by atoms with Crippen molar-refractivity contribution < 1.29 is 9.53 Å². The van der Waals surface area contributed by atoms with E-state index in [1.54, 1.807) is 35.8 Å². The smallest absolute Gasteiger partial charge is 0.254 e. The van der Waals surface area contributed by atoms with Crippen LogP contribution in [0.2, 0.25) is 10.0 Å². The number of nitrogens with zero attached hydrogens (tertiary/aromatic N) is 3. The first-order valence-electron chi connectivity index (χ1n) is 8.36. The fraction of sp³-hybridized carbons (Fsp3) is 0.211. The minimum absolute atomic E-state index is 0.177. The molecule has 27 heavy (non-hydrogen) atoms. The zero-order chi connectivity index (χ0) is 19.0. The lowest BCUT2D eigenvalue weighted by Gasteiger charge is -2.35. The van der Waals surface area contributed by atoms with Crippen molar-refractivity contribution in [2.24, 2.45) is 0 Å². The maximum atomic E-state index is 13.3. The van der Waals surface area contributed by atoms with Gasteiger partial charge in [0.2, 0.25) is 0 Å². The maximum Gasteiger partial charge on any atom is 0.254 e. The zero-order valence-electron chi connectivity index (χ0n) is 14.4. The second-order valence-corrected chi connectivity index (χ2v) is 6.99. The molecule has 3 aromatic rings. The van der Waals surface area contributed by atoms with E-state index in [-0.39, 0.29) is 11.9 Å². The van der Waals surface area contributed by atoms with Gasteiger partial charge in [-0.15, -0.1) is 0 Å². The number of ether oxygens (including phenoxy) is 1. The molecule has 0 saturated heterocycles. The van der Waals surface area contributed by atoms with Crippen molar-refractivity contribution in [1.82, 2.24) is 19.9 Å². The Morgan fingerprint density at radius 1 is 1.33 bits per heavy atom. The predicted molar refractivity (Wildman–Crippen MR) is 102 cm³/mol. The number of hydrogen-bond acceptors (Lipinski definition) is 4. The predicted octanol–water partition coefficient (Wildman–Crippen LogP) is 3.91. The van der Waals surface area contributed by atoms with Crippen LogP contribution in [0.25, 0.3) is 0 Å². The lowest BCUT2D eigenvalue weighted by atomic mass is 9.96. The molecule has 4 rings (SSSR count). The number of amides is 1. The average Bonchev–Trinajstić information content (AvgIpc) is 3.16. The van der Waals surface area contributed by atoms with Crippen LogP contribution in [0.3, 0.4) is 0 Å². The quantitative estimate of drug-likeness (QED) is 0.720. The van der Waals surface area contributed by atoms with Gasteiger partial charge in [-0.1, -0.05) is 29.3 Å². The van der Waals surface area contributed by atoms with Crippen LogP contribution in [0, 0.1) is 0 Å². The Morgan fingerprint density at radius 2 is 2.11 bits per heavy atom. The molecule has 1 aromatic carbocycles. The van der Waals surface area contributed by atoms with Crippen molar-refractivity contribution in [3.63, 3.8) is 0 Å². The molecule has 6 nitrogen and oxygen atoms in total. The summed E-state index contributed by atoms with van der Waals surface area (Å²) in [5.74, 6) is 0.177. The third-order valence-corrected chi connectivity index (χ3v) is 5.20. The number of rotatable bonds is 3. The Bertz CT molecular complexity index is 967. The number of nitrogens with one attached hydrogen (secondary N) is 1. The van der Waals surface area contributed by atoms with E-state index in [1.807, 2.05) is 12.1 Å². The zero-order valence-corrected chi connectivity index (χ0v) is 16.0. The molecule has 1 aliphatic rings. The molecule has 0 saturated carbocycles. The molecule has 0 bridgehead atoms. The van der Waals surface area contributed by atoms with Gasteiger partial charge in [-0.2, -0.15) is 0 Å². The monoisotopic (exact) mass is 402 g/mol. The Balaban J connectivity index is 1.77. The summed E-state index contributed by atoms with van der Waals surface area (Å²) < 4.78 is 5.17. The summed E-state index contributed by atoms with van der Waals surface area (Å²) in [6.07, 6.45) is 5.80. The van der Waals surface area contributed by atoms with Crippen LogP contribution in [0.15, 0.2) is 43.0 Å². The van der Waals surface area contributed by atoms with Crippen molar-refractivity contribution in [2.75, 3.05) is 13.7 Å². The van der Waals surface area contributed by atoms with Gasteiger partial charge in [-0.05, 0) is 23.8 Å². The summed E-state index contributed by atoms with van der Waals surface area (Å²) in [5.41, 5.74) is 3.15. The van der Waals surface area contributed by atoms with E-state index in [1.165, 1.54) is 7.11 Å². The van der Waals surface area contributed by atoms with Gasteiger partial charge in [-0.25, -0.2) is 4.98 Å². The van der Waals surface area contributed by atoms with E-state index in [9.17, 15) is 4.79 Å². The molecule has 138 valence electrons. The first-order valence-corrected chi connectivity index (χ1v) is 9.11. The van der Waals surface area contributed by atoms with E-state index in [2.05, 4.69) is 15.0 Å². The van der Waals surface area contributed by atoms with Crippen LogP contribution >= 0.6 is 23.2 Å². The number of carbonyl (C=O) groups excluding carboxylic acids is 1. The third-order valence-electron chi connectivity index (χ3n) is 4.64. The van der Waals surface area contributed by atoms with Gasteiger partial charge in [0.05, 0.1) is 29.2 Å². The van der Waals surface area contributed by atoms with Crippen LogP contribution < -0.4 is 4.74 Å². The number of pyridine rings is 1. The molecule has 1 atom stereocenters.